The van der Waals surface area contributed by atoms with Crippen molar-refractivity contribution in [1.82, 2.24) is 9.97 Å². The number of carbonyl (C=O) groups excluding carboxylic acids is 1. The van der Waals surface area contributed by atoms with E-state index in [2.05, 4.69) is 20.6 Å². The number of hydrogen-bond donors (Lipinski definition) is 2. The second-order valence-corrected chi connectivity index (χ2v) is 7.21. The number of thiazole rings is 1. The molecule has 0 saturated carbocycles. The molecule has 0 bridgehead atoms. The van der Waals surface area contributed by atoms with Gasteiger partial charge in [0, 0.05) is 33.5 Å². The third-order valence-corrected chi connectivity index (χ3v) is 5.02. The summed E-state index contributed by atoms with van der Waals surface area (Å²) in [5.41, 5.74) is 3.94. The van der Waals surface area contributed by atoms with E-state index in [0.717, 1.165) is 22.0 Å². The Morgan fingerprint density at radius 1 is 0.893 bits per heavy atom. The smallest absolute Gasteiger partial charge is 0.308 e. The highest BCUT2D eigenvalue weighted by atomic mass is 35.5. The van der Waals surface area contributed by atoms with E-state index in [4.69, 9.17) is 11.6 Å². The van der Waals surface area contributed by atoms with Crippen LogP contribution in [0.25, 0.3) is 22.0 Å². The Labute approximate surface area is 171 Å². The van der Waals surface area contributed by atoms with Crippen LogP contribution in [0.15, 0.2) is 78.3 Å². The normalized spacial score (nSPS) is 10.5. The van der Waals surface area contributed by atoms with Gasteiger partial charge in [0.25, 0.3) is 0 Å². The maximum absolute atomic E-state index is 12.2. The van der Waals surface area contributed by atoms with Crippen LogP contribution in [-0.4, -0.2) is 16.0 Å². The van der Waals surface area contributed by atoms with Gasteiger partial charge in [-0.15, -0.1) is 11.3 Å². The van der Waals surface area contributed by atoms with Gasteiger partial charge in [-0.05, 0) is 48.5 Å². The molecule has 2 amide bonds. The van der Waals surface area contributed by atoms with E-state index in [1.807, 2.05) is 47.8 Å². The number of amides is 2. The summed E-state index contributed by atoms with van der Waals surface area (Å²) in [6.07, 6.45) is 1.75. The molecule has 7 heteroatoms. The Bertz CT molecular complexity index is 1100. The molecule has 0 aliphatic carbocycles. The highest BCUT2D eigenvalue weighted by Gasteiger charge is 2.09. The van der Waals surface area contributed by atoms with Crippen molar-refractivity contribution in [2.24, 2.45) is 0 Å². The van der Waals surface area contributed by atoms with Gasteiger partial charge in [-0.1, -0.05) is 29.8 Å². The molecule has 2 aromatic carbocycles. The molecule has 0 unspecified atom stereocenters. The van der Waals surface area contributed by atoms with Crippen LogP contribution in [0.5, 0.6) is 0 Å². The number of urea groups is 1. The Kier molecular flexibility index (Phi) is 5.32. The summed E-state index contributed by atoms with van der Waals surface area (Å²) >= 11 is 7.39. The minimum absolute atomic E-state index is 0.327. The molecule has 0 fully saturated rings. The zero-order valence-electron chi connectivity index (χ0n) is 14.6. The lowest BCUT2D eigenvalue weighted by molar-refractivity contribution is 0.262. The number of benzene rings is 2. The average Bonchev–Trinajstić information content (AvgIpc) is 3.21. The number of pyridine rings is 1. The molecule has 0 saturated heterocycles. The Balaban J connectivity index is 1.48. The molecule has 2 aromatic heterocycles. The Hall–Kier alpha value is -3.22. The van der Waals surface area contributed by atoms with Crippen LogP contribution >= 0.6 is 22.9 Å². The molecule has 2 N–H and O–H groups in total. The standard InChI is InChI=1S/C21H15ClN4OS/c22-15-7-9-16(10-8-15)24-21(27)25-17-5-3-4-14(12-17)19-13-28-20(26-19)18-6-1-2-11-23-18/h1-13H,(H2,24,25,27). The van der Waals surface area contributed by atoms with Crippen molar-refractivity contribution >= 4 is 40.3 Å². The fourth-order valence-corrected chi connectivity index (χ4v) is 3.53. The van der Waals surface area contributed by atoms with Crippen LogP contribution < -0.4 is 10.6 Å². The van der Waals surface area contributed by atoms with Crippen LogP contribution in [-0.2, 0) is 0 Å². The molecule has 2 heterocycles. The lowest BCUT2D eigenvalue weighted by Crippen LogP contribution is -2.19. The quantitative estimate of drug-likeness (QED) is 0.426. The van der Waals surface area contributed by atoms with E-state index < -0.39 is 0 Å². The summed E-state index contributed by atoms with van der Waals surface area (Å²) in [4.78, 5) is 21.2. The third-order valence-electron chi connectivity index (χ3n) is 3.91. The Morgan fingerprint density at radius 2 is 1.71 bits per heavy atom. The molecular formula is C21H15ClN4OS. The number of rotatable bonds is 4. The van der Waals surface area contributed by atoms with Crippen molar-refractivity contribution in [2.45, 2.75) is 0 Å². The van der Waals surface area contributed by atoms with E-state index >= 15 is 0 Å². The van der Waals surface area contributed by atoms with Gasteiger partial charge in [-0.3, -0.25) is 4.98 Å². The number of hydrogen-bond acceptors (Lipinski definition) is 4. The highest BCUT2D eigenvalue weighted by Crippen LogP contribution is 2.29. The maximum atomic E-state index is 12.2. The van der Waals surface area contributed by atoms with Crippen molar-refractivity contribution in [1.29, 1.82) is 0 Å². The minimum atomic E-state index is -0.327. The lowest BCUT2D eigenvalue weighted by Gasteiger charge is -2.08. The zero-order valence-corrected chi connectivity index (χ0v) is 16.2. The van der Waals surface area contributed by atoms with Crippen molar-refractivity contribution in [3.63, 3.8) is 0 Å². The molecule has 0 aliphatic rings. The van der Waals surface area contributed by atoms with E-state index in [1.165, 1.54) is 11.3 Å². The molecule has 0 atom stereocenters. The summed E-state index contributed by atoms with van der Waals surface area (Å²) in [7, 11) is 0. The molecule has 138 valence electrons. The van der Waals surface area contributed by atoms with E-state index in [0.29, 0.717) is 16.4 Å². The van der Waals surface area contributed by atoms with E-state index in [9.17, 15) is 4.79 Å². The summed E-state index contributed by atoms with van der Waals surface area (Å²) in [5.74, 6) is 0. The molecule has 0 aliphatic heterocycles. The van der Waals surface area contributed by atoms with E-state index in [1.54, 1.807) is 30.5 Å². The first kappa shape index (κ1) is 18.2. The fraction of sp³-hybridized carbons (Fsp3) is 0. The van der Waals surface area contributed by atoms with Crippen molar-refractivity contribution in [3.8, 4) is 22.0 Å². The zero-order chi connectivity index (χ0) is 19.3. The number of anilines is 2. The van der Waals surface area contributed by atoms with Gasteiger partial charge in [0.1, 0.15) is 5.01 Å². The van der Waals surface area contributed by atoms with E-state index in [-0.39, 0.29) is 6.03 Å². The molecule has 28 heavy (non-hydrogen) atoms. The van der Waals surface area contributed by atoms with Gasteiger partial charge in [0.05, 0.1) is 11.4 Å². The molecule has 4 aromatic rings. The number of halogens is 1. The van der Waals surface area contributed by atoms with Gasteiger partial charge in [-0.2, -0.15) is 0 Å². The third kappa shape index (κ3) is 4.36. The maximum Gasteiger partial charge on any atom is 0.323 e. The monoisotopic (exact) mass is 406 g/mol. The van der Waals surface area contributed by atoms with Gasteiger partial charge >= 0.3 is 6.03 Å². The van der Waals surface area contributed by atoms with Crippen LogP contribution in [0.2, 0.25) is 5.02 Å². The van der Waals surface area contributed by atoms with Gasteiger partial charge in [0.2, 0.25) is 0 Å². The molecule has 4 rings (SSSR count). The van der Waals surface area contributed by atoms with Gasteiger partial charge in [-0.25, -0.2) is 9.78 Å². The minimum Gasteiger partial charge on any atom is -0.308 e. The predicted molar refractivity (Wildman–Crippen MR) is 115 cm³/mol. The first-order chi connectivity index (χ1) is 13.7. The summed E-state index contributed by atoms with van der Waals surface area (Å²) in [6, 6.07) is 19.9. The van der Waals surface area contributed by atoms with Crippen LogP contribution in [0.1, 0.15) is 0 Å². The SMILES string of the molecule is O=C(Nc1ccc(Cl)cc1)Nc1cccc(-c2csc(-c3ccccn3)n2)c1. The lowest BCUT2D eigenvalue weighted by atomic mass is 10.1. The summed E-state index contributed by atoms with van der Waals surface area (Å²) < 4.78 is 0. The first-order valence-corrected chi connectivity index (χ1v) is 9.74. The van der Waals surface area contributed by atoms with Crippen molar-refractivity contribution in [3.05, 3.63) is 83.3 Å². The number of nitrogens with zero attached hydrogens (tertiary/aromatic N) is 2. The molecule has 0 spiro atoms. The number of aromatic nitrogens is 2. The largest absolute Gasteiger partial charge is 0.323 e. The molecule has 0 radical (unpaired) electrons. The number of nitrogens with one attached hydrogen (secondary N) is 2. The highest BCUT2D eigenvalue weighted by molar-refractivity contribution is 7.13. The number of carbonyl (C=O) groups is 1. The molecule has 5 nitrogen and oxygen atoms in total. The second-order valence-electron chi connectivity index (χ2n) is 5.92. The van der Waals surface area contributed by atoms with Crippen molar-refractivity contribution < 1.29 is 4.79 Å². The Morgan fingerprint density at radius 3 is 2.50 bits per heavy atom. The summed E-state index contributed by atoms with van der Waals surface area (Å²) in [5, 5.41) is 9.06. The average molecular weight is 407 g/mol. The predicted octanol–water partition coefficient (Wildman–Crippen LogP) is 6.17. The fourth-order valence-electron chi connectivity index (χ4n) is 2.60. The second kappa shape index (κ2) is 8.21. The van der Waals surface area contributed by atoms with Crippen LogP contribution in [0.4, 0.5) is 16.2 Å². The topological polar surface area (TPSA) is 66.9 Å². The van der Waals surface area contributed by atoms with Crippen LogP contribution in [0.3, 0.4) is 0 Å². The van der Waals surface area contributed by atoms with Crippen LogP contribution in [0, 0.1) is 0 Å². The van der Waals surface area contributed by atoms with Crippen molar-refractivity contribution in [2.75, 3.05) is 10.6 Å². The van der Waals surface area contributed by atoms with Gasteiger partial charge in [0.15, 0.2) is 0 Å². The first-order valence-electron chi connectivity index (χ1n) is 8.48. The summed E-state index contributed by atoms with van der Waals surface area (Å²) in [6.45, 7) is 0. The van der Waals surface area contributed by atoms with Gasteiger partial charge < -0.3 is 10.6 Å². The molecular weight excluding hydrogens is 392 g/mol.